The van der Waals surface area contributed by atoms with E-state index in [1.54, 1.807) is 18.6 Å². The highest BCUT2D eigenvalue weighted by Gasteiger charge is 2.13. The van der Waals surface area contributed by atoms with E-state index in [2.05, 4.69) is 10.3 Å². The summed E-state index contributed by atoms with van der Waals surface area (Å²) in [7, 11) is 0. The number of aromatic nitrogens is 2. The molecule has 0 radical (unpaired) electrons. The molecule has 2 rings (SSSR count). The van der Waals surface area contributed by atoms with Crippen molar-refractivity contribution in [2.45, 2.75) is 19.5 Å². The first-order valence-corrected chi connectivity index (χ1v) is 5.55. The van der Waals surface area contributed by atoms with Crippen molar-refractivity contribution >= 4 is 17.5 Å². The second-order valence-corrected chi connectivity index (χ2v) is 4.11. The molecule has 0 saturated carbocycles. The van der Waals surface area contributed by atoms with E-state index in [4.69, 9.17) is 16.0 Å². The Hall–Kier alpha value is -1.75. The minimum absolute atomic E-state index is 0.0272. The third-order valence-electron chi connectivity index (χ3n) is 2.22. The maximum absolute atomic E-state index is 11.7. The number of halogens is 1. The van der Waals surface area contributed by atoms with Gasteiger partial charge in [-0.3, -0.25) is 4.79 Å². The number of hydrogen-bond acceptors (Lipinski definition) is 3. The Kier molecular flexibility index (Phi) is 3.49. The Morgan fingerprint density at radius 2 is 2.47 bits per heavy atom. The molecule has 2 aromatic heterocycles. The lowest BCUT2D eigenvalue weighted by Gasteiger charge is -2.13. The molecular formula is C11H12ClN3O2. The van der Waals surface area contributed by atoms with Gasteiger partial charge in [0.1, 0.15) is 0 Å². The van der Waals surface area contributed by atoms with Gasteiger partial charge < -0.3 is 14.3 Å². The van der Waals surface area contributed by atoms with Gasteiger partial charge in [-0.25, -0.2) is 4.98 Å². The lowest BCUT2D eigenvalue weighted by Crippen LogP contribution is -2.35. The molecule has 0 saturated heterocycles. The van der Waals surface area contributed by atoms with Gasteiger partial charge in [-0.05, 0) is 30.7 Å². The molecule has 0 unspecified atom stereocenters. The van der Waals surface area contributed by atoms with Gasteiger partial charge in [0.25, 0.3) is 5.91 Å². The summed E-state index contributed by atoms with van der Waals surface area (Å²) in [5.74, 6) is -0.0583. The van der Waals surface area contributed by atoms with Crippen LogP contribution >= 0.6 is 11.6 Å². The van der Waals surface area contributed by atoms with E-state index in [9.17, 15) is 4.79 Å². The smallest absolute Gasteiger partial charge is 0.287 e. The predicted octanol–water partition coefficient (Wildman–Crippen LogP) is 1.95. The molecule has 0 bridgehead atoms. The summed E-state index contributed by atoms with van der Waals surface area (Å²) in [4.78, 5) is 15.6. The number of imidazole rings is 1. The predicted molar refractivity (Wildman–Crippen MR) is 62.9 cm³/mol. The van der Waals surface area contributed by atoms with Crippen molar-refractivity contribution in [2.75, 3.05) is 0 Å². The number of nitrogens with one attached hydrogen (secondary N) is 1. The maximum atomic E-state index is 11.7. The van der Waals surface area contributed by atoms with Crippen LogP contribution in [0.2, 0.25) is 5.22 Å². The van der Waals surface area contributed by atoms with Crippen LogP contribution in [0.25, 0.3) is 0 Å². The summed E-state index contributed by atoms with van der Waals surface area (Å²) in [6, 6.07) is 3.05. The Morgan fingerprint density at radius 3 is 3.06 bits per heavy atom. The highest BCUT2D eigenvalue weighted by atomic mass is 35.5. The number of nitrogens with zero attached hydrogens (tertiary/aromatic N) is 2. The number of amides is 1. The summed E-state index contributed by atoms with van der Waals surface area (Å²) in [6.07, 6.45) is 5.24. The van der Waals surface area contributed by atoms with Crippen molar-refractivity contribution in [2.24, 2.45) is 0 Å². The molecule has 0 aliphatic carbocycles. The fourth-order valence-corrected chi connectivity index (χ4v) is 1.63. The van der Waals surface area contributed by atoms with Gasteiger partial charge in [-0.15, -0.1) is 0 Å². The van der Waals surface area contributed by atoms with E-state index in [1.807, 2.05) is 17.7 Å². The lowest BCUT2D eigenvalue weighted by molar-refractivity contribution is 0.0909. The SMILES string of the molecule is C[C@@H](Cn1ccnc1)NC(=O)c1ccc(Cl)o1. The molecule has 6 heteroatoms. The van der Waals surface area contributed by atoms with Crippen LogP contribution in [-0.2, 0) is 6.54 Å². The average Bonchev–Trinajstić information content (AvgIpc) is 2.89. The van der Waals surface area contributed by atoms with Crippen LogP contribution in [-0.4, -0.2) is 21.5 Å². The number of hydrogen-bond donors (Lipinski definition) is 1. The standard InChI is InChI=1S/C11H12ClN3O2/c1-8(6-15-5-4-13-7-15)14-11(16)9-2-3-10(12)17-9/h2-5,7-8H,6H2,1H3,(H,14,16)/t8-/m0/s1. The highest BCUT2D eigenvalue weighted by Crippen LogP contribution is 2.12. The van der Waals surface area contributed by atoms with Gasteiger partial charge in [-0.2, -0.15) is 0 Å². The summed E-state index contributed by atoms with van der Waals surface area (Å²) in [6.45, 7) is 2.56. The van der Waals surface area contributed by atoms with Crippen molar-refractivity contribution in [3.05, 3.63) is 41.8 Å². The van der Waals surface area contributed by atoms with Crippen LogP contribution in [0.15, 0.2) is 35.3 Å². The number of carbonyl (C=O) groups excluding carboxylic acids is 1. The molecule has 1 amide bonds. The summed E-state index contributed by atoms with van der Waals surface area (Å²) >= 11 is 5.60. The first kappa shape index (κ1) is 11.7. The number of carbonyl (C=O) groups is 1. The largest absolute Gasteiger partial charge is 0.440 e. The van der Waals surface area contributed by atoms with Gasteiger partial charge in [0.15, 0.2) is 11.0 Å². The fourth-order valence-electron chi connectivity index (χ4n) is 1.49. The molecule has 5 nitrogen and oxygen atoms in total. The monoisotopic (exact) mass is 253 g/mol. The van der Waals surface area contributed by atoms with E-state index in [-0.39, 0.29) is 22.9 Å². The summed E-state index contributed by atoms with van der Waals surface area (Å²) in [5.41, 5.74) is 0. The lowest BCUT2D eigenvalue weighted by atomic mass is 10.3. The third kappa shape index (κ3) is 3.10. The van der Waals surface area contributed by atoms with Gasteiger partial charge in [0.05, 0.1) is 6.33 Å². The Balaban J connectivity index is 1.90. The van der Waals surface area contributed by atoms with E-state index < -0.39 is 0 Å². The van der Waals surface area contributed by atoms with Crippen LogP contribution in [0, 0.1) is 0 Å². The molecule has 0 aromatic carbocycles. The zero-order valence-electron chi connectivity index (χ0n) is 9.26. The topological polar surface area (TPSA) is 60.1 Å². The first-order chi connectivity index (χ1) is 8.15. The van der Waals surface area contributed by atoms with E-state index in [0.717, 1.165) is 0 Å². The zero-order valence-corrected chi connectivity index (χ0v) is 10.0. The minimum Gasteiger partial charge on any atom is -0.440 e. The van der Waals surface area contributed by atoms with Crippen molar-refractivity contribution < 1.29 is 9.21 Å². The van der Waals surface area contributed by atoms with E-state index in [0.29, 0.717) is 6.54 Å². The van der Waals surface area contributed by atoms with Gasteiger partial charge in [-0.1, -0.05) is 0 Å². The van der Waals surface area contributed by atoms with Crippen molar-refractivity contribution in [3.8, 4) is 0 Å². The molecule has 0 aliphatic rings. The third-order valence-corrected chi connectivity index (χ3v) is 2.42. The second-order valence-electron chi connectivity index (χ2n) is 3.74. The van der Waals surface area contributed by atoms with Crippen LogP contribution in [0.3, 0.4) is 0 Å². The molecule has 1 N–H and O–H groups in total. The number of rotatable bonds is 4. The summed E-state index contributed by atoms with van der Waals surface area (Å²) < 4.78 is 6.90. The summed E-state index contributed by atoms with van der Waals surface area (Å²) in [5, 5.41) is 3.01. The van der Waals surface area contributed by atoms with Crippen LogP contribution in [0.5, 0.6) is 0 Å². The Bertz CT molecular complexity index is 493. The van der Waals surface area contributed by atoms with Gasteiger partial charge in [0, 0.05) is 25.0 Å². The Morgan fingerprint density at radius 1 is 1.65 bits per heavy atom. The first-order valence-electron chi connectivity index (χ1n) is 5.17. The molecule has 2 aromatic rings. The molecule has 0 spiro atoms. The van der Waals surface area contributed by atoms with E-state index in [1.165, 1.54) is 6.07 Å². The van der Waals surface area contributed by atoms with Crippen LogP contribution in [0.1, 0.15) is 17.5 Å². The zero-order chi connectivity index (χ0) is 12.3. The molecule has 90 valence electrons. The highest BCUT2D eigenvalue weighted by molar-refractivity contribution is 6.29. The van der Waals surface area contributed by atoms with Gasteiger partial charge in [0.2, 0.25) is 0 Å². The second kappa shape index (κ2) is 5.05. The van der Waals surface area contributed by atoms with Crippen molar-refractivity contribution in [1.82, 2.24) is 14.9 Å². The van der Waals surface area contributed by atoms with E-state index >= 15 is 0 Å². The molecule has 0 aliphatic heterocycles. The van der Waals surface area contributed by atoms with Crippen molar-refractivity contribution in [1.29, 1.82) is 0 Å². The molecule has 0 fully saturated rings. The molecule has 1 atom stereocenters. The maximum Gasteiger partial charge on any atom is 0.287 e. The molecular weight excluding hydrogens is 242 g/mol. The normalized spacial score (nSPS) is 12.4. The quantitative estimate of drug-likeness (QED) is 0.906. The van der Waals surface area contributed by atoms with Crippen molar-refractivity contribution in [3.63, 3.8) is 0 Å². The Labute approximate surface area is 103 Å². The fraction of sp³-hybridized carbons (Fsp3) is 0.273. The van der Waals surface area contributed by atoms with Crippen LogP contribution < -0.4 is 5.32 Å². The minimum atomic E-state index is -0.274. The molecule has 17 heavy (non-hydrogen) atoms. The van der Waals surface area contributed by atoms with Gasteiger partial charge >= 0.3 is 0 Å². The average molecular weight is 254 g/mol. The molecule has 2 heterocycles. The number of furan rings is 1. The van der Waals surface area contributed by atoms with Crippen LogP contribution in [0.4, 0.5) is 0 Å².